The van der Waals surface area contributed by atoms with Crippen LogP contribution in [-0.2, 0) is 0 Å². The lowest BCUT2D eigenvalue weighted by Crippen LogP contribution is -2.40. The number of hydrogen-bond acceptors (Lipinski definition) is 1. The molecule has 0 amide bonds. The minimum absolute atomic E-state index is 0.518. The van der Waals surface area contributed by atoms with Crippen LogP contribution in [0.3, 0.4) is 0 Å². The first-order valence-electron chi connectivity index (χ1n) is 11.0. The van der Waals surface area contributed by atoms with Gasteiger partial charge in [0.05, 0.1) is 6.04 Å². The van der Waals surface area contributed by atoms with E-state index in [1.165, 1.54) is 96.3 Å². The van der Waals surface area contributed by atoms with Gasteiger partial charge in [-0.25, -0.2) is 0 Å². The molecule has 1 N–H and O–H groups in total. The summed E-state index contributed by atoms with van der Waals surface area (Å²) in [5.74, 6) is 2.46. The topological polar surface area (TPSA) is 12.0 Å². The summed E-state index contributed by atoms with van der Waals surface area (Å²) in [7, 11) is 0. The van der Waals surface area contributed by atoms with E-state index in [1.54, 1.807) is 11.3 Å². The predicted molar refractivity (Wildman–Crippen MR) is 101 cm³/mol. The number of nitrogens with one attached hydrogen (secondary N) is 1. The molecule has 4 rings (SSSR count). The van der Waals surface area contributed by atoms with Crippen molar-refractivity contribution in [3.05, 3.63) is 23.4 Å². The Morgan fingerprint density at radius 1 is 0.667 bits per heavy atom. The van der Waals surface area contributed by atoms with E-state index in [0.717, 1.165) is 17.8 Å². The van der Waals surface area contributed by atoms with Gasteiger partial charge in [-0.3, -0.25) is 0 Å². The summed E-state index contributed by atoms with van der Waals surface area (Å²) in [5.41, 5.74) is 3.20. The zero-order chi connectivity index (χ0) is 16.2. The predicted octanol–water partition coefficient (Wildman–Crippen LogP) is 6.31. The lowest BCUT2D eigenvalue weighted by atomic mass is 9.76. The van der Waals surface area contributed by atoms with Crippen LogP contribution in [0.2, 0.25) is 0 Å². The van der Waals surface area contributed by atoms with Crippen molar-refractivity contribution < 1.29 is 0 Å². The number of hydrogen-bond donors (Lipinski definition) is 1. The van der Waals surface area contributed by atoms with E-state index >= 15 is 0 Å². The average Bonchev–Trinajstić information content (AvgIpc) is 2.70. The second-order valence-electron chi connectivity index (χ2n) is 8.89. The molecule has 0 aromatic heterocycles. The largest absolute Gasteiger partial charge is 0.381 e. The van der Waals surface area contributed by atoms with Crippen LogP contribution in [0.4, 0.5) is 0 Å². The lowest BCUT2D eigenvalue weighted by Gasteiger charge is -2.38. The molecule has 0 aromatic carbocycles. The molecule has 4 aliphatic rings. The van der Waals surface area contributed by atoms with Gasteiger partial charge in [0.2, 0.25) is 0 Å². The van der Waals surface area contributed by atoms with Crippen molar-refractivity contribution in [3.8, 4) is 0 Å². The van der Waals surface area contributed by atoms with Crippen LogP contribution in [0, 0.1) is 23.8 Å². The first-order valence-corrected chi connectivity index (χ1v) is 11.0. The fourth-order valence-electron chi connectivity index (χ4n) is 5.65. The minimum Gasteiger partial charge on any atom is -0.381 e. The smallest absolute Gasteiger partial charge is 0.0545 e. The van der Waals surface area contributed by atoms with E-state index in [-0.39, 0.29) is 0 Å². The van der Waals surface area contributed by atoms with Crippen molar-refractivity contribution in [3.63, 3.8) is 0 Å². The third kappa shape index (κ3) is 3.92. The van der Waals surface area contributed by atoms with E-state index < -0.39 is 0 Å². The summed E-state index contributed by atoms with van der Waals surface area (Å²) in [5, 5.41) is 3.99. The average molecular weight is 327 g/mol. The van der Waals surface area contributed by atoms with E-state index in [2.05, 4.69) is 17.5 Å². The fraction of sp³-hybridized carbons (Fsp3) is 0.826. The summed E-state index contributed by atoms with van der Waals surface area (Å²) >= 11 is 0. The molecular formula is C23H36N. The van der Waals surface area contributed by atoms with Gasteiger partial charge >= 0.3 is 0 Å². The Hall–Kier alpha value is -0.720. The molecule has 133 valence electrons. The SMILES string of the molecule is [C]1=C(C2CCCCC2)C=C(C2CCCCC2)NC1C1CCCCC1. The Bertz CT molecular complexity index is 456. The van der Waals surface area contributed by atoms with E-state index in [0.29, 0.717) is 6.04 Å². The highest BCUT2D eigenvalue weighted by Crippen LogP contribution is 2.38. The van der Waals surface area contributed by atoms with Crippen molar-refractivity contribution in [1.82, 2.24) is 5.32 Å². The Morgan fingerprint density at radius 3 is 1.83 bits per heavy atom. The molecule has 3 aliphatic carbocycles. The molecule has 1 unspecified atom stereocenters. The second-order valence-corrected chi connectivity index (χ2v) is 8.89. The minimum atomic E-state index is 0.518. The molecule has 1 nitrogen and oxygen atoms in total. The van der Waals surface area contributed by atoms with Crippen molar-refractivity contribution in [2.24, 2.45) is 17.8 Å². The molecule has 24 heavy (non-hydrogen) atoms. The van der Waals surface area contributed by atoms with Crippen molar-refractivity contribution in [2.75, 3.05) is 0 Å². The van der Waals surface area contributed by atoms with Gasteiger partial charge in [-0.05, 0) is 74.0 Å². The van der Waals surface area contributed by atoms with Gasteiger partial charge in [0.1, 0.15) is 0 Å². The molecule has 1 atom stereocenters. The van der Waals surface area contributed by atoms with Crippen LogP contribution in [0.1, 0.15) is 96.3 Å². The zero-order valence-corrected chi connectivity index (χ0v) is 15.5. The molecule has 1 heteroatoms. The van der Waals surface area contributed by atoms with Crippen LogP contribution in [0.15, 0.2) is 17.3 Å². The molecule has 1 aliphatic heterocycles. The summed E-state index contributed by atoms with van der Waals surface area (Å²) in [6.07, 6.45) is 28.0. The third-order valence-electron chi connectivity index (χ3n) is 7.17. The Morgan fingerprint density at radius 2 is 1.21 bits per heavy atom. The third-order valence-corrected chi connectivity index (χ3v) is 7.17. The van der Waals surface area contributed by atoms with Gasteiger partial charge in [0.15, 0.2) is 0 Å². The summed E-state index contributed by atoms with van der Waals surface area (Å²) in [6, 6.07) is 0.518. The molecule has 0 spiro atoms. The van der Waals surface area contributed by atoms with Gasteiger partial charge < -0.3 is 5.32 Å². The van der Waals surface area contributed by atoms with Crippen LogP contribution in [0.5, 0.6) is 0 Å². The Kier molecular flexibility index (Phi) is 5.65. The first-order chi connectivity index (χ1) is 11.9. The van der Waals surface area contributed by atoms with Gasteiger partial charge in [-0.1, -0.05) is 57.8 Å². The first kappa shape index (κ1) is 16.7. The van der Waals surface area contributed by atoms with E-state index in [1.807, 2.05) is 0 Å². The molecule has 0 bridgehead atoms. The van der Waals surface area contributed by atoms with E-state index in [4.69, 9.17) is 0 Å². The number of dihydropyridines is 1. The highest BCUT2D eigenvalue weighted by atomic mass is 14.9. The van der Waals surface area contributed by atoms with Crippen LogP contribution < -0.4 is 5.32 Å². The second kappa shape index (κ2) is 8.11. The van der Waals surface area contributed by atoms with Gasteiger partial charge in [-0.15, -0.1) is 0 Å². The highest BCUT2D eigenvalue weighted by Gasteiger charge is 2.30. The standard InChI is InChI=1S/C23H36N/c1-4-10-18(11-5-1)21-16-22(19-12-6-2-7-13-19)24-23(17-21)20-14-8-3-9-15-20/h16,18-20,23-24H,1-15H2. The maximum Gasteiger partial charge on any atom is 0.0545 e. The molecular weight excluding hydrogens is 290 g/mol. The maximum absolute atomic E-state index is 3.99. The highest BCUT2D eigenvalue weighted by molar-refractivity contribution is 5.31. The Balaban J connectivity index is 1.54. The van der Waals surface area contributed by atoms with Crippen LogP contribution in [0.25, 0.3) is 0 Å². The fourth-order valence-corrected chi connectivity index (χ4v) is 5.65. The number of allylic oxidation sites excluding steroid dienone is 3. The summed E-state index contributed by atoms with van der Waals surface area (Å²) in [4.78, 5) is 0. The normalized spacial score (nSPS) is 31.2. The molecule has 3 saturated carbocycles. The Labute approximate surface area is 149 Å². The van der Waals surface area contributed by atoms with Crippen molar-refractivity contribution >= 4 is 0 Å². The summed E-state index contributed by atoms with van der Waals surface area (Å²) in [6.45, 7) is 0. The molecule has 1 radical (unpaired) electrons. The van der Waals surface area contributed by atoms with Gasteiger partial charge in [0, 0.05) is 5.70 Å². The van der Waals surface area contributed by atoms with Crippen LogP contribution >= 0.6 is 0 Å². The number of rotatable bonds is 3. The molecule has 1 heterocycles. The van der Waals surface area contributed by atoms with Gasteiger partial charge in [-0.2, -0.15) is 0 Å². The quantitative estimate of drug-likeness (QED) is 0.640. The van der Waals surface area contributed by atoms with Gasteiger partial charge in [0.25, 0.3) is 0 Å². The zero-order valence-electron chi connectivity index (χ0n) is 15.5. The van der Waals surface area contributed by atoms with Crippen molar-refractivity contribution in [2.45, 2.75) is 102 Å². The van der Waals surface area contributed by atoms with E-state index in [9.17, 15) is 0 Å². The van der Waals surface area contributed by atoms with Crippen molar-refractivity contribution in [1.29, 1.82) is 0 Å². The lowest BCUT2D eigenvalue weighted by molar-refractivity contribution is 0.285. The molecule has 3 fully saturated rings. The van der Waals surface area contributed by atoms with Crippen LogP contribution in [-0.4, -0.2) is 6.04 Å². The summed E-state index contributed by atoms with van der Waals surface area (Å²) < 4.78 is 0. The maximum atomic E-state index is 3.99. The monoisotopic (exact) mass is 326 g/mol. The molecule has 0 saturated heterocycles. The molecule has 0 aromatic rings.